The molecule has 0 saturated heterocycles. The van der Waals surface area contributed by atoms with E-state index >= 15 is 0 Å². The first-order chi connectivity index (χ1) is 2.64. The van der Waals surface area contributed by atoms with Crippen LogP contribution in [0.2, 0.25) is 0 Å². The van der Waals surface area contributed by atoms with Crippen molar-refractivity contribution in [1.82, 2.24) is 0 Å². The van der Waals surface area contributed by atoms with Crippen molar-refractivity contribution in [3.05, 3.63) is 13.8 Å². The van der Waals surface area contributed by atoms with Crippen LogP contribution in [0.1, 0.15) is 13.8 Å². The SMILES string of the molecule is [CH2-]C([CH2-])C(C)C.[Y].[Y].[Y].[Y].[Y].[Y].[Y].[Y].[Y].[Y].[Y]. The fourth-order valence-corrected chi connectivity index (χ4v) is 0. The molecule has 17 heavy (non-hydrogen) atoms. The minimum Gasteiger partial charge on any atom is -0.369 e. The summed E-state index contributed by atoms with van der Waals surface area (Å²) in [6.07, 6.45) is 0. The Labute approximate surface area is 386 Å². The van der Waals surface area contributed by atoms with Crippen molar-refractivity contribution < 1.29 is 360 Å². The average Bonchev–Trinajstić information content (AvgIpc) is 1.36. The third-order valence-electron chi connectivity index (χ3n) is 0.943. The molecule has 0 aliphatic rings. The fraction of sp³-hybridized carbons (Fsp3) is 0.667. The number of hydrogen-bond acceptors (Lipinski definition) is 0. The van der Waals surface area contributed by atoms with Gasteiger partial charge < -0.3 is 19.8 Å². The topological polar surface area (TPSA) is 0 Å². The third kappa shape index (κ3) is 73.8. The van der Waals surface area contributed by atoms with Crippen molar-refractivity contribution in [2.24, 2.45) is 11.8 Å². The van der Waals surface area contributed by atoms with Gasteiger partial charge in [0.15, 0.2) is 0 Å². The van der Waals surface area contributed by atoms with E-state index in [-0.39, 0.29) is 360 Å². The van der Waals surface area contributed by atoms with Gasteiger partial charge >= 0.3 is 0 Å². The molecule has 0 aromatic heterocycles. The molecule has 0 nitrogen and oxygen atoms in total. The molecule has 0 aliphatic carbocycles. The first kappa shape index (κ1) is 78.5. The summed E-state index contributed by atoms with van der Waals surface area (Å²) in [7, 11) is 0. The van der Waals surface area contributed by atoms with Crippen LogP contribution >= 0.6 is 0 Å². The minimum absolute atomic E-state index is 0. The zero-order chi connectivity index (χ0) is 5.15. The molecule has 0 heterocycles. The van der Waals surface area contributed by atoms with Gasteiger partial charge in [0.2, 0.25) is 0 Å². The largest absolute Gasteiger partial charge is 0.369 e. The molecule has 0 aliphatic heterocycles. The summed E-state index contributed by atoms with van der Waals surface area (Å²) in [4.78, 5) is 0. The molecular weight excluding hydrogens is 1050 g/mol. The molecule has 0 N–H and O–H groups in total. The van der Waals surface area contributed by atoms with Crippen LogP contribution in [0.15, 0.2) is 0 Å². The predicted molar refractivity (Wildman–Crippen MR) is 29.0 cm³/mol. The van der Waals surface area contributed by atoms with Gasteiger partial charge in [0, 0.05) is 360 Å². The van der Waals surface area contributed by atoms with E-state index in [2.05, 4.69) is 27.7 Å². The second kappa shape index (κ2) is 63.0. The Bertz CT molecular complexity index is 36.9. The summed E-state index contributed by atoms with van der Waals surface area (Å²) in [6.45, 7) is 11.7. The summed E-state index contributed by atoms with van der Waals surface area (Å²) >= 11 is 0. The summed E-state index contributed by atoms with van der Waals surface area (Å²) < 4.78 is 0. The zero-order valence-corrected chi connectivity index (χ0v) is 42.1. The van der Waals surface area contributed by atoms with Gasteiger partial charge in [0.1, 0.15) is 0 Å². The molecule has 0 atom stereocenters. The van der Waals surface area contributed by atoms with E-state index in [1.165, 1.54) is 0 Å². The smallest absolute Gasteiger partial charge is 0 e. The van der Waals surface area contributed by atoms with Gasteiger partial charge in [-0.1, -0.05) is 19.8 Å². The van der Waals surface area contributed by atoms with Crippen molar-refractivity contribution in [3.63, 3.8) is 0 Å². The molecule has 11 radical (unpaired) electrons. The average molecular weight is 1060 g/mol. The van der Waals surface area contributed by atoms with Gasteiger partial charge in [0.25, 0.3) is 0 Å². The van der Waals surface area contributed by atoms with Crippen LogP contribution in [0.25, 0.3) is 0 Å². The Morgan fingerprint density at radius 2 is 0.529 bits per heavy atom. The van der Waals surface area contributed by atoms with Crippen LogP contribution in [0, 0.1) is 25.7 Å². The van der Waals surface area contributed by atoms with Crippen LogP contribution in [0.5, 0.6) is 0 Å². The normalized spacial score (nSPS) is 3.88. The standard InChI is InChI=1S/C6H12.11Y/c1-5(2)6(3)4;;;;;;;;;;;/h5-6H,1-2H2,3-4H3;;;;;;;;;;;/q-2;;;;;;;;;;;. The molecular formula is C6H12Y11-2. The van der Waals surface area contributed by atoms with E-state index in [1.807, 2.05) is 0 Å². The van der Waals surface area contributed by atoms with Gasteiger partial charge in [-0.25, -0.2) is 0 Å². The molecule has 0 aromatic rings. The Kier molecular flexibility index (Phi) is 291. The van der Waals surface area contributed by atoms with Crippen LogP contribution in [0.3, 0.4) is 0 Å². The van der Waals surface area contributed by atoms with Gasteiger partial charge in [-0.3, -0.25) is 0 Å². The van der Waals surface area contributed by atoms with Gasteiger partial charge in [0.05, 0.1) is 0 Å². The summed E-state index contributed by atoms with van der Waals surface area (Å²) in [5.41, 5.74) is 0. The van der Waals surface area contributed by atoms with Crippen LogP contribution in [-0.2, 0) is 360 Å². The molecule has 71 valence electrons. The van der Waals surface area contributed by atoms with Crippen LogP contribution in [0.4, 0.5) is 0 Å². The molecule has 0 aromatic carbocycles. The van der Waals surface area contributed by atoms with Crippen molar-refractivity contribution in [3.8, 4) is 0 Å². The van der Waals surface area contributed by atoms with E-state index < -0.39 is 0 Å². The Balaban J connectivity index is -0.00000000227. The van der Waals surface area contributed by atoms with E-state index in [4.69, 9.17) is 0 Å². The van der Waals surface area contributed by atoms with Crippen molar-refractivity contribution in [2.45, 2.75) is 13.8 Å². The molecule has 0 saturated carbocycles. The zero-order valence-electron chi connectivity index (χ0n) is 10.9. The van der Waals surface area contributed by atoms with Crippen LogP contribution < -0.4 is 0 Å². The molecule has 0 fully saturated rings. The maximum atomic E-state index is 3.73. The summed E-state index contributed by atoms with van der Waals surface area (Å²) in [6, 6.07) is 0. The van der Waals surface area contributed by atoms with Crippen molar-refractivity contribution >= 4 is 0 Å². The third-order valence-corrected chi connectivity index (χ3v) is 0.943. The number of rotatable bonds is 1. The van der Waals surface area contributed by atoms with Crippen LogP contribution in [-0.4, -0.2) is 0 Å². The van der Waals surface area contributed by atoms with Gasteiger partial charge in [-0.2, -0.15) is 0 Å². The molecule has 0 unspecified atom stereocenters. The predicted octanol–water partition coefficient (Wildman–Crippen LogP) is 1.90. The molecule has 11 heteroatoms. The molecule has 0 bridgehead atoms. The monoisotopic (exact) mass is 1060 g/mol. The van der Waals surface area contributed by atoms with E-state index in [0.29, 0.717) is 11.8 Å². The number of hydrogen-bond donors (Lipinski definition) is 0. The van der Waals surface area contributed by atoms with E-state index in [0.717, 1.165) is 0 Å². The Morgan fingerprint density at radius 3 is 0.529 bits per heavy atom. The van der Waals surface area contributed by atoms with Gasteiger partial charge in [-0.05, 0) is 0 Å². The second-order valence-corrected chi connectivity index (χ2v) is 2.00. The first-order valence-corrected chi connectivity index (χ1v) is 2.30. The van der Waals surface area contributed by atoms with Gasteiger partial charge in [-0.15, -0.1) is 0 Å². The van der Waals surface area contributed by atoms with E-state index in [1.54, 1.807) is 0 Å². The Hall–Kier alpha value is 12.1. The van der Waals surface area contributed by atoms with E-state index in [9.17, 15) is 0 Å². The summed E-state index contributed by atoms with van der Waals surface area (Å²) in [5.74, 6) is 0.981. The summed E-state index contributed by atoms with van der Waals surface area (Å²) in [5, 5.41) is 0. The Morgan fingerprint density at radius 1 is 0.471 bits per heavy atom. The molecule has 0 spiro atoms. The van der Waals surface area contributed by atoms with Crippen molar-refractivity contribution in [1.29, 1.82) is 0 Å². The minimum atomic E-state index is 0. The first-order valence-electron chi connectivity index (χ1n) is 2.30. The molecule has 0 amide bonds. The fourth-order valence-electron chi connectivity index (χ4n) is 0. The maximum absolute atomic E-state index is 3.73. The quantitative estimate of drug-likeness (QED) is 0.353. The van der Waals surface area contributed by atoms with Crippen molar-refractivity contribution in [2.75, 3.05) is 0 Å². The second-order valence-electron chi connectivity index (χ2n) is 2.00. The maximum Gasteiger partial charge on any atom is 0 e. The molecule has 0 rings (SSSR count).